The first-order chi connectivity index (χ1) is 14.3. The number of carbonyl (C=O) groups excluding carboxylic acids is 1. The second-order valence-corrected chi connectivity index (χ2v) is 9.73. The van der Waals surface area contributed by atoms with Crippen molar-refractivity contribution in [2.75, 3.05) is 0 Å². The molecule has 8 heteroatoms. The van der Waals surface area contributed by atoms with Crippen LogP contribution in [0.4, 0.5) is 0 Å². The van der Waals surface area contributed by atoms with Gasteiger partial charge < -0.3 is 20.1 Å². The van der Waals surface area contributed by atoms with Crippen LogP contribution in [0.5, 0.6) is 5.75 Å². The summed E-state index contributed by atoms with van der Waals surface area (Å²) in [6.45, 7) is 8.93. The Morgan fingerprint density at radius 1 is 1.16 bits per heavy atom. The number of nitrogens with one attached hydrogen (secondary N) is 1. The number of aromatic hydroxyl groups is 1. The van der Waals surface area contributed by atoms with Crippen molar-refractivity contribution < 1.29 is 19.8 Å². The minimum atomic E-state index is -1.23. The fourth-order valence-corrected chi connectivity index (χ4v) is 4.63. The topological polar surface area (TPSA) is 109 Å². The summed E-state index contributed by atoms with van der Waals surface area (Å²) < 4.78 is 1.30. The molecule has 1 atom stereocenters. The van der Waals surface area contributed by atoms with Gasteiger partial charge in [0.1, 0.15) is 17.4 Å². The number of hydrogen-bond acceptors (Lipinski definition) is 5. The number of nitrogens with zero attached hydrogens (tertiary/aromatic N) is 1. The highest BCUT2D eigenvalue weighted by Gasteiger charge is 2.34. The minimum absolute atomic E-state index is 0.350. The van der Waals surface area contributed by atoms with Crippen molar-refractivity contribution in [3.63, 3.8) is 0 Å². The van der Waals surface area contributed by atoms with Crippen molar-refractivity contribution in [1.82, 2.24) is 9.88 Å². The van der Waals surface area contributed by atoms with E-state index < -0.39 is 40.2 Å². The number of carboxylic acid groups (broad SMARTS) is 1. The molecule has 0 bridgehead atoms. The number of carboxylic acids is 1. The maximum absolute atomic E-state index is 12.9. The molecule has 3 N–H and O–H groups in total. The van der Waals surface area contributed by atoms with Gasteiger partial charge in [0.2, 0.25) is 0 Å². The number of benzene rings is 1. The van der Waals surface area contributed by atoms with Crippen LogP contribution < -0.4 is 10.9 Å². The molecule has 1 aromatic carbocycles. The van der Waals surface area contributed by atoms with Crippen molar-refractivity contribution in [2.45, 2.75) is 40.7 Å². The summed E-state index contributed by atoms with van der Waals surface area (Å²) in [5.41, 5.74) is 1.45. The van der Waals surface area contributed by atoms with E-state index in [1.165, 1.54) is 11.6 Å². The average Bonchev–Trinajstić information content (AvgIpc) is 3.08. The molecule has 2 aromatic heterocycles. The summed E-state index contributed by atoms with van der Waals surface area (Å²) in [7, 11) is 1.52. The van der Waals surface area contributed by atoms with Gasteiger partial charge >= 0.3 is 5.97 Å². The van der Waals surface area contributed by atoms with Crippen LogP contribution in [0.3, 0.4) is 0 Å². The SMILES string of the molecule is Cc1cc2c(cc1-c1sccc1C)c(O)c(C(=O)NC(C(=O)O)C(C)(C)C)c(=O)n2C. The fraction of sp³-hybridized carbons (Fsp3) is 0.348. The smallest absolute Gasteiger partial charge is 0.326 e. The molecular weight excluding hydrogens is 416 g/mol. The molecule has 0 radical (unpaired) electrons. The number of amides is 1. The zero-order valence-corrected chi connectivity index (χ0v) is 19.2. The molecule has 0 saturated heterocycles. The van der Waals surface area contributed by atoms with Crippen LogP contribution in [0.1, 0.15) is 42.3 Å². The van der Waals surface area contributed by atoms with Crippen LogP contribution in [0, 0.1) is 19.3 Å². The number of rotatable bonds is 4. The van der Waals surface area contributed by atoms with E-state index in [-0.39, 0.29) is 0 Å². The van der Waals surface area contributed by atoms with Crippen molar-refractivity contribution in [2.24, 2.45) is 12.5 Å². The second-order valence-electron chi connectivity index (χ2n) is 8.82. The number of hydrogen-bond donors (Lipinski definition) is 3. The van der Waals surface area contributed by atoms with Gasteiger partial charge in [-0.05, 0) is 59.5 Å². The lowest BCUT2D eigenvalue weighted by Gasteiger charge is -2.27. The van der Waals surface area contributed by atoms with Gasteiger partial charge in [0.25, 0.3) is 11.5 Å². The molecule has 1 unspecified atom stereocenters. The summed E-state index contributed by atoms with van der Waals surface area (Å²) >= 11 is 1.57. The lowest BCUT2D eigenvalue weighted by atomic mass is 9.86. The number of aryl methyl sites for hydroxylation is 3. The van der Waals surface area contributed by atoms with Crippen molar-refractivity contribution in [1.29, 1.82) is 0 Å². The molecule has 0 aliphatic rings. The van der Waals surface area contributed by atoms with E-state index >= 15 is 0 Å². The van der Waals surface area contributed by atoms with Crippen LogP contribution >= 0.6 is 11.3 Å². The number of thiophene rings is 1. The summed E-state index contributed by atoms with van der Waals surface area (Å²) in [5.74, 6) is -2.59. The summed E-state index contributed by atoms with van der Waals surface area (Å²) in [5, 5.41) is 25.2. The quantitative estimate of drug-likeness (QED) is 0.569. The largest absolute Gasteiger partial charge is 0.506 e. The van der Waals surface area contributed by atoms with E-state index in [2.05, 4.69) is 5.32 Å². The van der Waals surface area contributed by atoms with Crippen molar-refractivity contribution in [3.05, 3.63) is 50.6 Å². The Balaban J connectivity index is 2.23. The van der Waals surface area contributed by atoms with E-state index in [1.54, 1.807) is 38.2 Å². The zero-order valence-electron chi connectivity index (χ0n) is 18.4. The normalized spacial score (nSPS) is 12.7. The van der Waals surface area contributed by atoms with Gasteiger partial charge in [0.05, 0.1) is 5.52 Å². The monoisotopic (exact) mass is 442 g/mol. The van der Waals surface area contributed by atoms with Gasteiger partial charge in [0, 0.05) is 17.3 Å². The Morgan fingerprint density at radius 2 is 1.81 bits per heavy atom. The van der Waals surface area contributed by atoms with Gasteiger partial charge in [-0.3, -0.25) is 9.59 Å². The Morgan fingerprint density at radius 3 is 2.32 bits per heavy atom. The highest BCUT2D eigenvalue weighted by atomic mass is 32.1. The van der Waals surface area contributed by atoms with Gasteiger partial charge in [0.15, 0.2) is 0 Å². The first-order valence-electron chi connectivity index (χ1n) is 9.79. The second kappa shape index (κ2) is 7.85. The number of carbonyl (C=O) groups is 2. The predicted octanol–water partition coefficient (Wildman–Crippen LogP) is 3.82. The third-order valence-electron chi connectivity index (χ3n) is 5.44. The van der Waals surface area contributed by atoms with Gasteiger partial charge in [-0.15, -0.1) is 11.3 Å². The molecule has 3 rings (SSSR count). The van der Waals surface area contributed by atoms with Gasteiger partial charge in [-0.2, -0.15) is 0 Å². The lowest BCUT2D eigenvalue weighted by molar-refractivity contribution is -0.142. The Labute approximate surface area is 184 Å². The molecule has 7 nitrogen and oxygen atoms in total. The number of fused-ring (bicyclic) bond motifs is 1. The van der Waals surface area contributed by atoms with E-state index in [9.17, 15) is 24.6 Å². The van der Waals surface area contributed by atoms with Crippen LogP contribution in [-0.2, 0) is 11.8 Å². The standard InChI is InChI=1S/C23H26N2O5S/c1-11-7-8-31-18(11)13-10-14-15(9-12(13)2)25(6)21(28)16(17(14)26)20(27)24-19(22(29)30)23(3,4)5/h7-10,19,26H,1-6H3,(H,24,27)(H,29,30). The summed E-state index contributed by atoms with van der Waals surface area (Å²) in [6.07, 6.45) is 0. The third kappa shape index (κ3) is 3.95. The number of pyridine rings is 1. The van der Waals surface area contributed by atoms with Crippen LogP contribution in [-0.4, -0.2) is 32.7 Å². The highest BCUT2D eigenvalue weighted by Crippen LogP contribution is 2.37. The third-order valence-corrected chi connectivity index (χ3v) is 6.49. The van der Waals surface area contributed by atoms with Gasteiger partial charge in [-0.1, -0.05) is 20.8 Å². The number of aliphatic carboxylic acids is 1. The van der Waals surface area contributed by atoms with E-state index in [1.807, 2.05) is 31.4 Å². The fourth-order valence-electron chi connectivity index (χ4n) is 3.62. The Hall–Kier alpha value is -3.13. The molecule has 0 fully saturated rings. The molecule has 164 valence electrons. The van der Waals surface area contributed by atoms with Crippen LogP contribution in [0.25, 0.3) is 21.3 Å². The van der Waals surface area contributed by atoms with Crippen LogP contribution in [0.15, 0.2) is 28.4 Å². The number of aromatic nitrogens is 1. The predicted molar refractivity (Wildman–Crippen MR) is 122 cm³/mol. The maximum Gasteiger partial charge on any atom is 0.326 e. The maximum atomic E-state index is 12.9. The average molecular weight is 443 g/mol. The minimum Gasteiger partial charge on any atom is -0.506 e. The summed E-state index contributed by atoms with van der Waals surface area (Å²) in [6, 6.07) is 4.35. The highest BCUT2D eigenvalue weighted by molar-refractivity contribution is 7.13. The van der Waals surface area contributed by atoms with Crippen molar-refractivity contribution >= 4 is 34.1 Å². The van der Waals surface area contributed by atoms with E-state index in [4.69, 9.17) is 0 Å². The molecule has 0 aliphatic heterocycles. The molecule has 0 saturated carbocycles. The molecule has 2 heterocycles. The van der Waals surface area contributed by atoms with Crippen LogP contribution in [0.2, 0.25) is 0 Å². The summed E-state index contributed by atoms with van der Waals surface area (Å²) in [4.78, 5) is 38.5. The molecule has 3 aromatic rings. The Bertz CT molecular complexity index is 1260. The molecule has 0 spiro atoms. The zero-order chi connectivity index (χ0) is 23.2. The first-order valence-corrected chi connectivity index (χ1v) is 10.7. The van der Waals surface area contributed by atoms with Crippen molar-refractivity contribution in [3.8, 4) is 16.2 Å². The molecular formula is C23H26N2O5S. The molecule has 1 amide bonds. The van der Waals surface area contributed by atoms with Gasteiger partial charge in [-0.25, -0.2) is 4.79 Å². The first kappa shape index (κ1) is 22.6. The molecule has 0 aliphatic carbocycles. The molecule has 31 heavy (non-hydrogen) atoms. The lowest BCUT2D eigenvalue weighted by Crippen LogP contribution is -2.50. The van der Waals surface area contributed by atoms with E-state index in [0.717, 1.165) is 21.6 Å². The van der Waals surface area contributed by atoms with E-state index in [0.29, 0.717) is 10.9 Å². The Kier molecular flexibility index (Phi) is 5.71.